The lowest BCUT2D eigenvalue weighted by Crippen LogP contribution is -2.37. The molecule has 2 aromatic carbocycles. The number of ether oxygens (including phenoxy) is 1. The molecule has 5 rings (SSSR count). The van der Waals surface area contributed by atoms with Crippen molar-refractivity contribution in [3.8, 4) is 11.3 Å². The van der Waals surface area contributed by atoms with Crippen molar-refractivity contribution in [2.75, 3.05) is 54.6 Å². The highest BCUT2D eigenvalue weighted by Gasteiger charge is 2.29. The largest absolute Gasteiger partial charge is 0.399 e. The van der Waals surface area contributed by atoms with E-state index in [1.165, 1.54) is 6.26 Å². The first kappa shape index (κ1) is 20.7. The highest BCUT2D eigenvalue weighted by Crippen LogP contribution is 2.39. The molecule has 0 saturated carbocycles. The molecule has 0 aliphatic carbocycles. The highest BCUT2D eigenvalue weighted by molar-refractivity contribution is 7.90. The molecule has 3 aromatic rings. The Hall–Kier alpha value is -3.17. The second kappa shape index (κ2) is 8.07. The smallest absolute Gasteiger partial charge is 0.228 e. The summed E-state index contributed by atoms with van der Waals surface area (Å²) >= 11 is 0. The molecule has 166 valence electrons. The predicted octanol–water partition coefficient (Wildman–Crippen LogP) is 2.66. The molecule has 2 aliphatic rings. The summed E-state index contributed by atoms with van der Waals surface area (Å²) in [4.78, 5) is 14.5. The number of morpholine rings is 1. The van der Waals surface area contributed by atoms with Gasteiger partial charge in [-0.3, -0.25) is 0 Å². The van der Waals surface area contributed by atoms with Gasteiger partial charge in [0.25, 0.3) is 0 Å². The van der Waals surface area contributed by atoms with Gasteiger partial charge in [0.1, 0.15) is 5.82 Å². The van der Waals surface area contributed by atoms with Gasteiger partial charge in [-0.2, -0.15) is 4.98 Å². The zero-order valence-electron chi connectivity index (χ0n) is 17.9. The first-order valence-corrected chi connectivity index (χ1v) is 12.5. The summed E-state index contributed by atoms with van der Waals surface area (Å²) in [5, 5.41) is 0. The van der Waals surface area contributed by atoms with Gasteiger partial charge in [0.2, 0.25) is 5.95 Å². The van der Waals surface area contributed by atoms with Gasteiger partial charge in [0.15, 0.2) is 9.84 Å². The number of sulfone groups is 1. The number of nitrogen functional groups attached to an aromatic ring is 1. The van der Waals surface area contributed by atoms with Crippen molar-refractivity contribution in [1.82, 2.24) is 9.97 Å². The molecular weight excluding hydrogens is 426 g/mol. The van der Waals surface area contributed by atoms with Crippen LogP contribution in [0.2, 0.25) is 0 Å². The van der Waals surface area contributed by atoms with Gasteiger partial charge in [-0.05, 0) is 42.8 Å². The van der Waals surface area contributed by atoms with Crippen LogP contribution in [0.4, 0.5) is 23.1 Å². The zero-order valence-corrected chi connectivity index (χ0v) is 18.7. The Morgan fingerprint density at radius 3 is 2.44 bits per heavy atom. The maximum Gasteiger partial charge on any atom is 0.228 e. The van der Waals surface area contributed by atoms with Crippen LogP contribution in [-0.2, 0) is 21.0 Å². The maximum absolute atomic E-state index is 11.9. The Balaban J connectivity index is 1.61. The molecule has 0 radical (unpaired) electrons. The normalized spacial score (nSPS) is 16.3. The summed E-state index contributed by atoms with van der Waals surface area (Å²) in [7, 11) is -3.25. The maximum atomic E-state index is 11.9. The monoisotopic (exact) mass is 451 g/mol. The summed E-state index contributed by atoms with van der Waals surface area (Å²) in [6.45, 7) is 3.50. The summed E-state index contributed by atoms with van der Waals surface area (Å²) in [6.07, 6.45) is 2.00. The van der Waals surface area contributed by atoms with Crippen molar-refractivity contribution in [3.63, 3.8) is 0 Å². The lowest BCUT2D eigenvalue weighted by atomic mass is 10.0. The van der Waals surface area contributed by atoms with Crippen LogP contribution in [0, 0.1) is 0 Å². The van der Waals surface area contributed by atoms with Crippen LogP contribution in [0.3, 0.4) is 0 Å². The third-order valence-corrected chi connectivity index (χ3v) is 6.97. The number of anilines is 4. The second-order valence-corrected chi connectivity index (χ2v) is 10.1. The highest BCUT2D eigenvalue weighted by atomic mass is 32.2. The van der Waals surface area contributed by atoms with Crippen molar-refractivity contribution in [2.24, 2.45) is 0 Å². The fourth-order valence-corrected chi connectivity index (χ4v) is 4.83. The van der Waals surface area contributed by atoms with Gasteiger partial charge in [0, 0.05) is 48.4 Å². The molecule has 0 bridgehead atoms. The molecule has 0 atom stereocenters. The van der Waals surface area contributed by atoms with Gasteiger partial charge in [-0.15, -0.1) is 0 Å². The van der Waals surface area contributed by atoms with E-state index in [1.807, 2.05) is 36.4 Å². The second-order valence-electron chi connectivity index (χ2n) is 8.07. The van der Waals surface area contributed by atoms with Crippen molar-refractivity contribution < 1.29 is 13.2 Å². The van der Waals surface area contributed by atoms with E-state index in [4.69, 9.17) is 20.4 Å². The third kappa shape index (κ3) is 3.89. The number of hydrogen-bond acceptors (Lipinski definition) is 8. The summed E-state index contributed by atoms with van der Waals surface area (Å²) in [6, 6.07) is 14.7. The molecule has 8 nitrogen and oxygen atoms in total. The van der Waals surface area contributed by atoms with Crippen molar-refractivity contribution in [1.29, 1.82) is 0 Å². The fourth-order valence-electron chi connectivity index (χ4n) is 4.20. The number of nitrogens with zero attached hydrogens (tertiary/aromatic N) is 4. The first-order valence-electron chi connectivity index (χ1n) is 10.6. The molecule has 32 heavy (non-hydrogen) atoms. The Bertz CT molecular complexity index is 1260. The Morgan fingerprint density at radius 2 is 1.75 bits per heavy atom. The number of fused-ring (bicyclic) bond motifs is 1. The van der Waals surface area contributed by atoms with Crippen LogP contribution >= 0.6 is 0 Å². The van der Waals surface area contributed by atoms with Gasteiger partial charge in [-0.25, -0.2) is 13.4 Å². The van der Waals surface area contributed by atoms with Crippen molar-refractivity contribution >= 4 is 33.0 Å². The van der Waals surface area contributed by atoms with Crippen LogP contribution in [0.25, 0.3) is 11.3 Å². The molecule has 2 aliphatic heterocycles. The molecule has 1 saturated heterocycles. The van der Waals surface area contributed by atoms with E-state index in [-0.39, 0.29) is 0 Å². The summed E-state index contributed by atoms with van der Waals surface area (Å²) in [5.74, 6) is 1.52. The Labute approximate surface area is 187 Å². The van der Waals surface area contributed by atoms with Gasteiger partial charge < -0.3 is 20.3 Å². The van der Waals surface area contributed by atoms with Crippen LogP contribution in [-0.4, -0.2) is 57.5 Å². The number of benzene rings is 2. The van der Waals surface area contributed by atoms with Crippen molar-refractivity contribution in [2.45, 2.75) is 11.3 Å². The van der Waals surface area contributed by atoms with Gasteiger partial charge in [-0.1, -0.05) is 12.1 Å². The standard InChI is InChI=1S/C23H25N5O3S/c1-32(29,30)19-7-5-18(6-8-19)28-10-9-20-21(16-3-2-4-17(24)15-16)25-23(26-22(20)28)27-11-13-31-14-12-27/h2-8,15H,9-14,24H2,1H3. The van der Waals surface area contributed by atoms with Gasteiger partial charge >= 0.3 is 0 Å². The predicted molar refractivity (Wildman–Crippen MR) is 125 cm³/mol. The van der Waals surface area contributed by atoms with E-state index in [1.54, 1.807) is 12.1 Å². The van der Waals surface area contributed by atoms with E-state index in [0.29, 0.717) is 29.7 Å². The minimum atomic E-state index is -3.25. The van der Waals surface area contributed by atoms with E-state index in [0.717, 1.165) is 54.4 Å². The van der Waals surface area contributed by atoms with E-state index in [9.17, 15) is 8.42 Å². The average molecular weight is 452 g/mol. The lowest BCUT2D eigenvalue weighted by Gasteiger charge is -2.28. The van der Waals surface area contributed by atoms with Gasteiger partial charge in [0.05, 0.1) is 23.8 Å². The first-order chi connectivity index (χ1) is 15.4. The summed E-state index contributed by atoms with van der Waals surface area (Å²) < 4.78 is 29.2. The quantitative estimate of drug-likeness (QED) is 0.604. The summed E-state index contributed by atoms with van der Waals surface area (Å²) in [5.41, 5.74) is 10.6. The molecule has 0 unspecified atom stereocenters. The minimum Gasteiger partial charge on any atom is -0.399 e. The lowest BCUT2D eigenvalue weighted by molar-refractivity contribution is 0.122. The Kier molecular flexibility index (Phi) is 5.22. The van der Waals surface area contributed by atoms with Crippen LogP contribution in [0.5, 0.6) is 0 Å². The molecule has 9 heteroatoms. The number of hydrogen-bond donors (Lipinski definition) is 1. The van der Waals surface area contributed by atoms with Crippen molar-refractivity contribution in [3.05, 3.63) is 54.1 Å². The molecular formula is C23H25N5O3S. The third-order valence-electron chi connectivity index (χ3n) is 5.85. The number of aromatic nitrogens is 2. The topological polar surface area (TPSA) is 102 Å². The molecule has 0 amide bonds. The zero-order chi connectivity index (χ0) is 22.3. The average Bonchev–Trinajstić information content (AvgIpc) is 3.22. The Morgan fingerprint density at radius 1 is 1.00 bits per heavy atom. The molecule has 3 heterocycles. The van der Waals surface area contributed by atoms with E-state index >= 15 is 0 Å². The number of rotatable bonds is 4. The minimum absolute atomic E-state index is 0.304. The number of nitrogens with two attached hydrogens (primary N) is 1. The van der Waals surface area contributed by atoms with E-state index in [2.05, 4.69) is 9.80 Å². The van der Waals surface area contributed by atoms with E-state index < -0.39 is 9.84 Å². The SMILES string of the molecule is CS(=O)(=O)c1ccc(N2CCc3c(-c4cccc(N)c4)nc(N4CCOCC4)nc32)cc1. The fraction of sp³-hybridized carbons (Fsp3) is 0.304. The van der Waals surface area contributed by atoms with Crippen LogP contribution in [0.1, 0.15) is 5.56 Å². The molecule has 0 spiro atoms. The van der Waals surface area contributed by atoms with Crippen LogP contribution < -0.4 is 15.5 Å². The molecule has 1 fully saturated rings. The van der Waals surface area contributed by atoms with Crippen LogP contribution in [0.15, 0.2) is 53.4 Å². The molecule has 2 N–H and O–H groups in total. The molecule has 1 aromatic heterocycles.